The van der Waals surface area contributed by atoms with E-state index in [1.165, 1.54) is 0 Å². The van der Waals surface area contributed by atoms with Gasteiger partial charge < -0.3 is 18.9 Å². The van der Waals surface area contributed by atoms with Crippen LogP contribution < -0.4 is 9.80 Å². The monoisotopic (exact) mass is 658 g/mol. The molecule has 0 saturated carbocycles. The SMILES string of the molecule is CC(C(=O)C(C)c1ccc(C(=O)N2Cc3cccn3Cc3ccccc32)cc1)c1ccc(C(=O)N2Cc3cccn3Cc3ccccc32)cc1. The maximum atomic E-state index is 13.9. The van der Waals surface area contributed by atoms with Gasteiger partial charge >= 0.3 is 0 Å². The van der Waals surface area contributed by atoms with Crippen LogP contribution in [0.3, 0.4) is 0 Å². The van der Waals surface area contributed by atoms with Gasteiger partial charge in [-0.25, -0.2) is 0 Å². The van der Waals surface area contributed by atoms with Crippen LogP contribution in [0.5, 0.6) is 0 Å². The number of hydrogen-bond acceptors (Lipinski definition) is 3. The lowest BCUT2D eigenvalue weighted by Gasteiger charge is -2.23. The average molecular weight is 659 g/mol. The van der Waals surface area contributed by atoms with Crippen LogP contribution in [0, 0.1) is 0 Å². The minimum absolute atomic E-state index is 0.0711. The number of ketones is 1. The summed E-state index contributed by atoms with van der Waals surface area (Å²) in [7, 11) is 0. The number of hydrogen-bond donors (Lipinski definition) is 0. The number of para-hydroxylation sites is 2. The zero-order valence-electron chi connectivity index (χ0n) is 28.2. The minimum atomic E-state index is -0.373. The Morgan fingerprint density at radius 2 is 0.880 bits per heavy atom. The largest absolute Gasteiger partial charge is 0.345 e. The van der Waals surface area contributed by atoms with Crippen molar-refractivity contribution in [2.24, 2.45) is 0 Å². The summed E-state index contributed by atoms with van der Waals surface area (Å²) in [5.74, 6) is -0.811. The molecule has 8 rings (SSSR count). The molecule has 2 aliphatic heterocycles. The molecule has 4 aromatic carbocycles. The van der Waals surface area contributed by atoms with Crippen molar-refractivity contribution in [1.82, 2.24) is 9.13 Å². The fourth-order valence-corrected chi connectivity index (χ4v) is 7.38. The van der Waals surface area contributed by atoms with Crippen LogP contribution in [0.4, 0.5) is 11.4 Å². The van der Waals surface area contributed by atoms with E-state index in [9.17, 15) is 14.4 Å². The van der Waals surface area contributed by atoms with Gasteiger partial charge in [0.1, 0.15) is 5.78 Å². The Labute approximate surface area is 292 Å². The van der Waals surface area contributed by atoms with Crippen molar-refractivity contribution < 1.29 is 14.4 Å². The highest BCUT2D eigenvalue weighted by Gasteiger charge is 2.28. The van der Waals surface area contributed by atoms with E-state index < -0.39 is 0 Å². The van der Waals surface area contributed by atoms with Gasteiger partial charge in [0.15, 0.2) is 0 Å². The predicted molar refractivity (Wildman–Crippen MR) is 196 cm³/mol. The fraction of sp³-hybridized carbons (Fsp3) is 0.186. The summed E-state index contributed by atoms with van der Waals surface area (Å²) in [4.78, 5) is 45.2. The molecule has 248 valence electrons. The van der Waals surface area contributed by atoms with Gasteiger partial charge in [0.2, 0.25) is 0 Å². The molecule has 7 heteroatoms. The number of Topliss-reactive ketones (excluding diaryl/α,β-unsaturated/α-hetero) is 1. The molecule has 0 radical (unpaired) electrons. The first-order chi connectivity index (χ1) is 24.4. The third kappa shape index (κ3) is 5.64. The highest BCUT2D eigenvalue weighted by Crippen LogP contribution is 2.32. The van der Waals surface area contributed by atoms with Gasteiger partial charge in [0.25, 0.3) is 11.8 Å². The van der Waals surface area contributed by atoms with Gasteiger partial charge in [-0.2, -0.15) is 0 Å². The molecule has 0 aliphatic carbocycles. The van der Waals surface area contributed by atoms with Gasteiger partial charge in [0.05, 0.1) is 13.1 Å². The van der Waals surface area contributed by atoms with Crippen molar-refractivity contribution in [3.8, 4) is 0 Å². The number of amides is 2. The number of carbonyl (C=O) groups excluding carboxylic acids is 3. The maximum absolute atomic E-state index is 13.9. The molecule has 7 nitrogen and oxygen atoms in total. The van der Waals surface area contributed by atoms with Crippen molar-refractivity contribution in [2.45, 2.75) is 51.9 Å². The molecule has 0 saturated heterocycles. The Hall–Kier alpha value is -5.95. The molecule has 2 amide bonds. The molecule has 6 aromatic rings. The van der Waals surface area contributed by atoms with Crippen LogP contribution >= 0.6 is 0 Å². The quantitative estimate of drug-likeness (QED) is 0.181. The molecule has 2 unspecified atom stereocenters. The minimum Gasteiger partial charge on any atom is -0.345 e. The third-order valence-electron chi connectivity index (χ3n) is 10.4. The number of anilines is 2. The van der Waals surface area contributed by atoms with Crippen molar-refractivity contribution in [3.05, 3.63) is 178 Å². The van der Waals surface area contributed by atoms with E-state index in [4.69, 9.17) is 0 Å². The molecule has 2 atom stereocenters. The van der Waals surface area contributed by atoms with E-state index in [-0.39, 0.29) is 29.4 Å². The van der Waals surface area contributed by atoms with Gasteiger partial charge in [-0.1, -0.05) is 74.5 Å². The molecule has 2 aromatic heterocycles. The highest BCUT2D eigenvalue weighted by atomic mass is 16.2. The first-order valence-electron chi connectivity index (χ1n) is 17.2. The standard InChI is InChI=1S/C43H38N4O3/c1-29(31-15-19-33(20-16-31)42(49)46-27-37-11-7-23-44(37)25-35-9-3-5-13-39(35)46)41(48)30(2)32-17-21-34(22-18-32)43(50)47-28-38-12-8-24-45(38)26-36-10-4-6-14-40(36)47/h3-24,29-30H,25-28H2,1-2H3. The maximum Gasteiger partial charge on any atom is 0.258 e. The van der Waals surface area contributed by atoms with E-state index in [0.29, 0.717) is 24.2 Å². The fourth-order valence-electron chi connectivity index (χ4n) is 7.38. The van der Waals surface area contributed by atoms with Crippen molar-refractivity contribution in [3.63, 3.8) is 0 Å². The van der Waals surface area contributed by atoms with Crippen molar-refractivity contribution in [2.75, 3.05) is 9.80 Å². The van der Waals surface area contributed by atoms with E-state index in [2.05, 4.69) is 45.8 Å². The Kier molecular flexibility index (Phi) is 8.03. The van der Waals surface area contributed by atoms with Crippen LogP contribution in [0.15, 0.2) is 134 Å². The number of aromatic nitrogens is 2. The van der Waals surface area contributed by atoms with Gasteiger partial charge in [-0.05, 0) is 82.9 Å². The second-order valence-electron chi connectivity index (χ2n) is 13.4. The molecule has 0 spiro atoms. The molecule has 0 N–H and O–H groups in total. The Balaban J connectivity index is 0.966. The molecule has 0 bridgehead atoms. The second-order valence-corrected chi connectivity index (χ2v) is 13.4. The average Bonchev–Trinajstić information content (AvgIpc) is 3.72. The van der Waals surface area contributed by atoms with Gasteiger partial charge in [-0.15, -0.1) is 0 Å². The number of carbonyl (C=O) groups is 3. The smallest absolute Gasteiger partial charge is 0.258 e. The summed E-state index contributed by atoms with van der Waals surface area (Å²) in [5, 5.41) is 0. The highest BCUT2D eigenvalue weighted by molar-refractivity contribution is 6.07. The topological polar surface area (TPSA) is 67.6 Å². The number of nitrogens with zero attached hydrogens (tertiary/aromatic N) is 4. The Bertz CT molecular complexity index is 2070. The van der Waals surface area contributed by atoms with Crippen LogP contribution in [-0.4, -0.2) is 26.7 Å². The molecule has 4 heterocycles. The normalized spacial score (nSPS) is 14.7. The molecule has 0 fully saturated rings. The van der Waals surface area contributed by atoms with Crippen LogP contribution in [0.1, 0.15) is 80.0 Å². The summed E-state index contributed by atoms with van der Waals surface area (Å²) in [6, 6.07) is 39.2. The molecule has 50 heavy (non-hydrogen) atoms. The van der Waals surface area contributed by atoms with E-state index in [1.54, 1.807) is 0 Å². The summed E-state index contributed by atoms with van der Waals surface area (Å²) in [5.41, 5.74) is 9.08. The van der Waals surface area contributed by atoms with E-state index >= 15 is 0 Å². The second kappa shape index (κ2) is 12.8. The lowest BCUT2D eigenvalue weighted by Crippen LogP contribution is -2.30. The van der Waals surface area contributed by atoms with Crippen molar-refractivity contribution >= 4 is 29.0 Å². The lowest BCUT2D eigenvalue weighted by atomic mass is 9.85. The molecular formula is C43H38N4O3. The van der Waals surface area contributed by atoms with E-state index in [0.717, 1.165) is 58.1 Å². The lowest BCUT2D eigenvalue weighted by molar-refractivity contribution is -0.121. The molecular weight excluding hydrogens is 620 g/mol. The first-order valence-corrected chi connectivity index (χ1v) is 17.2. The summed E-state index contributed by atoms with van der Waals surface area (Å²) in [6.45, 7) is 6.25. The zero-order valence-corrected chi connectivity index (χ0v) is 28.2. The van der Waals surface area contributed by atoms with Crippen LogP contribution in [-0.2, 0) is 31.0 Å². The zero-order chi connectivity index (χ0) is 34.4. The predicted octanol–water partition coefficient (Wildman–Crippen LogP) is 8.18. The molecule has 2 aliphatic rings. The number of rotatable bonds is 6. The summed E-state index contributed by atoms with van der Waals surface area (Å²) in [6.07, 6.45) is 4.10. The van der Waals surface area contributed by atoms with Crippen LogP contribution in [0.25, 0.3) is 0 Å². The van der Waals surface area contributed by atoms with E-state index in [1.807, 2.05) is 121 Å². The third-order valence-corrected chi connectivity index (χ3v) is 10.4. The first kappa shape index (κ1) is 31.3. The summed E-state index contributed by atoms with van der Waals surface area (Å²) >= 11 is 0. The van der Waals surface area contributed by atoms with Crippen molar-refractivity contribution in [1.29, 1.82) is 0 Å². The van der Waals surface area contributed by atoms with Crippen LogP contribution in [0.2, 0.25) is 0 Å². The Morgan fingerprint density at radius 3 is 1.30 bits per heavy atom. The summed E-state index contributed by atoms with van der Waals surface area (Å²) < 4.78 is 4.37. The van der Waals surface area contributed by atoms with Gasteiger partial charge in [-0.3, -0.25) is 14.4 Å². The number of benzene rings is 4. The number of fused-ring (bicyclic) bond motifs is 4. The Morgan fingerprint density at radius 1 is 0.480 bits per heavy atom. The van der Waals surface area contributed by atoms with Gasteiger partial charge in [0, 0.05) is 71.2 Å².